The lowest BCUT2D eigenvalue weighted by molar-refractivity contribution is -0.127. The first-order chi connectivity index (χ1) is 16.1. The van der Waals surface area contributed by atoms with Crippen molar-refractivity contribution in [3.63, 3.8) is 0 Å². The van der Waals surface area contributed by atoms with Gasteiger partial charge in [-0.1, -0.05) is 41.1 Å². The molecule has 5 rings (SSSR count). The van der Waals surface area contributed by atoms with E-state index in [0.29, 0.717) is 28.2 Å². The summed E-state index contributed by atoms with van der Waals surface area (Å²) in [6, 6.07) is 11.2. The van der Waals surface area contributed by atoms with Crippen molar-refractivity contribution in [1.82, 2.24) is 9.88 Å². The van der Waals surface area contributed by atoms with Crippen LogP contribution in [0.15, 0.2) is 36.4 Å². The van der Waals surface area contributed by atoms with Gasteiger partial charge in [-0.2, -0.15) is 0 Å². The zero-order valence-electron chi connectivity index (χ0n) is 18.5. The fourth-order valence-corrected chi connectivity index (χ4v) is 5.45. The number of aromatic nitrogens is 1. The number of fused-ring (bicyclic) bond motifs is 2. The molecule has 2 aliphatic heterocycles. The Hall–Kier alpha value is -2.39. The minimum atomic E-state index is -0.730. The molecule has 174 valence electrons. The molecule has 1 aromatic heterocycles. The van der Waals surface area contributed by atoms with Crippen molar-refractivity contribution in [2.45, 2.75) is 19.4 Å². The number of rotatable bonds is 6. The van der Waals surface area contributed by atoms with Crippen molar-refractivity contribution in [2.24, 2.45) is 0 Å². The van der Waals surface area contributed by atoms with Crippen molar-refractivity contribution in [3.05, 3.63) is 47.0 Å². The third kappa shape index (κ3) is 4.80. The van der Waals surface area contributed by atoms with Crippen molar-refractivity contribution in [2.75, 3.05) is 50.9 Å². The highest BCUT2D eigenvalue weighted by molar-refractivity contribution is 7.23. The van der Waals surface area contributed by atoms with Crippen molar-refractivity contribution in [3.8, 4) is 11.5 Å². The van der Waals surface area contributed by atoms with Gasteiger partial charge in [-0.15, -0.1) is 0 Å². The molecule has 1 saturated heterocycles. The minimum Gasteiger partial charge on any atom is -0.485 e. The first kappa shape index (κ1) is 22.4. The number of morpholine rings is 1. The highest BCUT2D eigenvalue weighted by Crippen LogP contribution is 2.37. The SMILES string of the molecule is Cc1ccc(Cl)c2sc(N(CCCN3CCOCC3)C(=O)[C@@H]3COc4ccccc4O3)nc12. The van der Waals surface area contributed by atoms with Crippen LogP contribution in [-0.2, 0) is 9.53 Å². The third-order valence-electron chi connectivity index (χ3n) is 5.93. The van der Waals surface area contributed by atoms with E-state index in [9.17, 15) is 4.79 Å². The molecule has 0 unspecified atom stereocenters. The number of carbonyl (C=O) groups is 1. The number of amides is 1. The quantitative estimate of drug-likeness (QED) is 0.520. The maximum Gasteiger partial charge on any atom is 0.273 e. The normalized spacial score (nSPS) is 18.4. The van der Waals surface area contributed by atoms with Gasteiger partial charge in [0, 0.05) is 26.2 Å². The summed E-state index contributed by atoms with van der Waals surface area (Å²) in [5, 5.41) is 1.28. The maximum absolute atomic E-state index is 13.7. The average Bonchev–Trinajstić information content (AvgIpc) is 3.31. The van der Waals surface area contributed by atoms with Crippen LogP contribution in [0, 0.1) is 6.92 Å². The number of anilines is 1. The molecule has 33 heavy (non-hydrogen) atoms. The topological polar surface area (TPSA) is 64.1 Å². The largest absolute Gasteiger partial charge is 0.485 e. The van der Waals surface area contributed by atoms with Crippen LogP contribution < -0.4 is 14.4 Å². The number of halogens is 1. The van der Waals surface area contributed by atoms with Gasteiger partial charge in [0.1, 0.15) is 6.61 Å². The molecule has 0 spiro atoms. The molecule has 9 heteroatoms. The summed E-state index contributed by atoms with van der Waals surface area (Å²) in [6.45, 7) is 6.94. The second kappa shape index (κ2) is 9.85. The Morgan fingerprint density at radius 2 is 2.00 bits per heavy atom. The van der Waals surface area contributed by atoms with Crippen LogP contribution >= 0.6 is 22.9 Å². The molecule has 1 atom stereocenters. The number of hydrogen-bond acceptors (Lipinski definition) is 7. The van der Waals surface area contributed by atoms with Gasteiger partial charge in [0.05, 0.1) is 28.5 Å². The van der Waals surface area contributed by atoms with E-state index in [4.69, 9.17) is 30.8 Å². The van der Waals surface area contributed by atoms with Crippen LogP contribution in [0.1, 0.15) is 12.0 Å². The van der Waals surface area contributed by atoms with Crippen LogP contribution in [-0.4, -0.2) is 67.9 Å². The summed E-state index contributed by atoms with van der Waals surface area (Å²) in [6.07, 6.45) is 0.0882. The molecule has 0 bridgehead atoms. The molecule has 0 radical (unpaired) electrons. The Bertz CT molecular complexity index is 1110. The molecule has 3 aromatic rings. The van der Waals surface area contributed by atoms with Gasteiger partial charge in [-0.25, -0.2) is 4.98 Å². The number of carbonyl (C=O) groups excluding carboxylic acids is 1. The fourth-order valence-electron chi connectivity index (χ4n) is 4.10. The summed E-state index contributed by atoms with van der Waals surface area (Å²) >= 11 is 7.88. The summed E-state index contributed by atoms with van der Waals surface area (Å²) in [4.78, 5) is 22.6. The molecule has 0 aliphatic carbocycles. The number of nitrogens with zero attached hydrogens (tertiary/aromatic N) is 3. The van der Waals surface area contributed by atoms with E-state index < -0.39 is 6.10 Å². The highest BCUT2D eigenvalue weighted by atomic mass is 35.5. The first-order valence-electron chi connectivity index (χ1n) is 11.2. The number of benzene rings is 2. The van der Waals surface area contributed by atoms with Crippen LogP contribution in [0.4, 0.5) is 5.13 Å². The van der Waals surface area contributed by atoms with Crippen LogP contribution in [0.5, 0.6) is 11.5 Å². The summed E-state index contributed by atoms with van der Waals surface area (Å²) in [7, 11) is 0. The predicted octanol–water partition coefficient (Wildman–Crippen LogP) is 4.15. The lowest BCUT2D eigenvalue weighted by Crippen LogP contribution is -2.47. The van der Waals surface area contributed by atoms with Gasteiger partial charge < -0.3 is 14.2 Å². The number of ether oxygens (including phenoxy) is 3. The molecule has 1 fully saturated rings. The molecule has 0 saturated carbocycles. The van der Waals surface area contributed by atoms with E-state index in [2.05, 4.69) is 4.90 Å². The third-order valence-corrected chi connectivity index (χ3v) is 7.47. The maximum atomic E-state index is 13.7. The van der Waals surface area contributed by atoms with Crippen molar-refractivity contribution in [1.29, 1.82) is 0 Å². The molecule has 1 amide bonds. The van der Waals surface area contributed by atoms with Crippen molar-refractivity contribution >= 4 is 44.2 Å². The van der Waals surface area contributed by atoms with Crippen molar-refractivity contribution < 1.29 is 19.0 Å². The Kier molecular flexibility index (Phi) is 6.69. The smallest absolute Gasteiger partial charge is 0.273 e. The van der Waals surface area contributed by atoms with E-state index in [1.807, 2.05) is 43.3 Å². The molecule has 2 aliphatic rings. The number of aryl methyl sites for hydroxylation is 1. The molecule has 2 aromatic carbocycles. The Morgan fingerprint density at radius 1 is 1.21 bits per heavy atom. The minimum absolute atomic E-state index is 0.153. The molecule has 0 N–H and O–H groups in total. The summed E-state index contributed by atoms with van der Waals surface area (Å²) < 4.78 is 18.2. The summed E-state index contributed by atoms with van der Waals surface area (Å²) in [5.74, 6) is 1.08. The van der Waals surface area contributed by atoms with E-state index in [-0.39, 0.29) is 12.5 Å². The van der Waals surface area contributed by atoms with Gasteiger partial charge >= 0.3 is 0 Å². The van der Waals surface area contributed by atoms with Gasteiger partial charge in [0.25, 0.3) is 5.91 Å². The Labute approximate surface area is 201 Å². The second-order valence-electron chi connectivity index (χ2n) is 8.20. The Morgan fingerprint density at radius 3 is 2.79 bits per heavy atom. The number of para-hydroxylation sites is 2. The zero-order chi connectivity index (χ0) is 22.8. The van der Waals surface area contributed by atoms with Gasteiger partial charge in [0.2, 0.25) is 6.10 Å². The lowest BCUT2D eigenvalue weighted by Gasteiger charge is -2.31. The lowest BCUT2D eigenvalue weighted by atomic mass is 10.2. The predicted molar refractivity (Wildman–Crippen MR) is 130 cm³/mol. The van der Waals surface area contributed by atoms with E-state index in [1.165, 1.54) is 11.3 Å². The Balaban J connectivity index is 1.39. The first-order valence-corrected chi connectivity index (χ1v) is 12.4. The van der Waals surface area contributed by atoms with Gasteiger partial charge in [0.15, 0.2) is 16.6 Å². The van der Waals surface area contributed by atoms with Gasteiger partial charge in [-0.05, 0) is 37.1 Å². The standard InChI is InChI=1S/C24H26ClN3O4S/c1-16-7-8-17(25)22-21(16)26-24(33-22)28(10-4-9-27-11-13-30-14-12-27)23(29)20-15-31-18-5-2-3-6-19(18)32-20/h2-3,5-8,20H,4,9-15H2,1H3/t20-/m0/s1. The molecular weight excluding hydrogens is 462 g/mol. The second-order valence-corrected chi connectivity index (χ2v) is 9.58. The number of hydrogen-bond donors (Lipinski definition) is 0. The summed E-state index contributed by atoms with van der Waals surface area (Å²) in [5.41, 5.74) is 1.86. The monoisotopic (exact) mass is 487 g/mol. The molecular formula is C24H26ClN3O4S. The number of thiazole rings is 1. The molecule has 7 nitrogen and oxygen atoms in total. The van der Waals surface area contributed by atoms with Gasteiger partial charge in [-0.3, -0.25) is 14.6 Å². The highest BCUT2D eigenvalue weighted by Gasteiger charge is 2.33. The zero-order valence-corrected chi connectivity index (χ0v) is 20.0. The van der Waals surface area contributed by atoms with E-state index >= 15 is 0 Å². The molecule has 3 heterocycles. The fraction of sp³-hybridized carbons (Fsp3) is 0.417. The van der Waals surface area contributed by atoms with Crippen LogP contribution in [0.2, 0.25) is 5.02 Å². The van der Waals surface area contributed by atoms with E-state index in [1.54, 1.807) is 4.90 Å². The van der Waals surface area contributed by atoms with E-state index in [0.717, 1.165) is 55.0 Å². The average molecular weight is 488 g/mol. The van der Waals surface area contributed by atoms with Crippen LogP contribution in [0.3, 0.4) is 0 Å². The van der Waals surface area contributed by atoms with Crippen LogP contribution in [0.25, 0.3) is 10.2 Å².